The van der Waals surface area contributed by atoms with Crippen LogP contribution in [-0.4, -0.2) is 4.21 Å². The van der Waals surface area contributed by atoms with Gasteiger partial charge in [-0.05, 0) is 42.0 Å². The van der Waals surface area contributed by atoms with E-state index in [0.29, 0.717) is 14.9 Å². The Labute approximate surface area is 120 Å². The first-order chi connectivity index (χ1) is 8.95. The Morgan fingerprint density at radius 3 is 2.47 bits per heavy atom. The number of halogens is 3. The van der Waals surface area contributed by atoms with Crippen molar-refractivity contribution in [2.75, 3.05) is 5.73 Å². The normalized spacial score (nSPS) is 12.4. The molecular weight excluding hydrogens is 336 g/mol. The van der Waals surface area contributed by atoms with Crippen LogP contribution in [0.3, 0.4) is 0 Å². The molecule has 0 aromatic heterocycles. The number of benzene rings is 2. The Hall–Kier alpha value is -1.27. The fourth-order valence-corrected chi connectivity index (χ4v) is 3.33. The SMILES string of the molecule is Nc1cc(F)ccc1S(=O)Cc1cc(F)cc(Br)c1. The maximum atomic E-state index is 13.2. The molecule has 2 rings (SSSR count). The van der Waals surface area contributed by atoms with Gasteiger partial charge in [-0.15, -0.1) is 0 Å². The van der Waals surface area contributed by atoms with Gasteiger partial charge in [0.1, 0.15) is 11.6 Å². The van der Waals surface area contributed by atoms with Crippen molar-refractivity contribution in [3.63, 3.8) is 0 Å². The van der Waals surface area contributed by atoms with Crippen molar-refractivity contribution in [3.8, 4) is 0 Å². The van der Waals surface area contributed by atoms with E-state index in [0.717, 1.165) is 6.07 Å². The minimum absolute atomic E-state index is 0.117. The smallest absolute Gasteiger partial charge is 0.125 e. The average molecular weight is 346 g/mol. The van der Waals surface area contributed by atoms with Gasteiger partial charge >= 0.3 is 0 Å². The maximum Gasteiger partial charge on any atom is 0.125 e. The van der Waals surface area contributed by atoms with E-state index in [4.69, 9.17) is 5.73 Å². The van der Waals surface area contributed by atoms with Crippen LogP contribution >= 0.6 is 15.9 Å². The Kier molecular flexibility index (Phi) is 4.31. The summed E-state index contributed by atoms with van der Waals surface area (Å²) in [6.45, 7) is 0. The third-order valence-electron chi connectivity index (χ3n) is 2.44. The van der Waals surface area contributed by atoms with Crippen molar-refractivity contribution in [3.05, 3.63) is 58.1 Å². The highest BCUT2D eigenvalue weighted by Crippen LogP contribution is 2.22. The molecule has 2 aromatic carbocycles. The molecule has 0 spiro atoms. The molecule has 0 aliphatic heterocycles. The van der Waals surface area contributed by atoms with Crippen LogP contribution in [0.4, 0.5) is 14.5 Å². The second-order valence-corrected chi connectivity index (χ2v) is 6.28. The van der Waals surface area contributed by atoms with Crippen LogP contribution < -0.4 is 5.73 Å². The first-order valence-corrected chi connectivity index (χ1v) is 7.45. The second kappa shape index (κ2) is 5.79. The summed E-state index contributed by atoms with van der Waals surface area (Å²) in [4.78, 5) is 0.349. The Balaban J connectivity index is 2.25. The summed E-state index contributed by atoms with van der Waals surface area (Å²) in [7, 11) is -1.45. The van der Waals surface area contributed by atoms with Gasteiger partial charge in [0.2, 0.25) is 0 Å². The Morgan fingerprint density at radius 2 is 1.84 bits per heavy atom. The van der Waals surface area contributed by atoms with Gasteiger partial charge in [0.15, 0.2) is 0 Å². The highest BCUT2D eigenvalue weighted by Gasteiger charge is 2.11. The van der Waals surface area contributed by atoms with Crippen LogP contribution in [0.5, 0.6) is 0 Å². The molecule has 1 unspecified atom stereocenters. The van der Waals surface area contributed by atoms with Gasteiger partial charge in [0.25, 0.3) is 0 Å². The van der Waals surface area contributed by atoms with Crippen LogP contribution in [0.1, 0.15) is 5.56 Å². The standard InChI is InChI=1S/C13H10BrF2NOS/c14-9-3-8(4-11(16)5-9)7-19(18)13-2-1-10(15)6-12(13)17/h1-6H,7,17H2. The van der Waals surface area contributed by atoms with Crippen LogP contribution in [0.15, 0.2) is 45.8 Å². The lowest BCUT2D eigenvalue weighted by Gasteiger charge is -2.06. The predicted molar refractivity (Wildman–Crippen MR) is 75.0 cm³/mol. The zero-order chi connectivity index (χ0) is 14.0. The first-order valence-electron chi connectivity index (χ1n) is 5.34. The Morgan fingerprint density at radius 1 is 1.11 bits per heavy atom. The third-order valence-corrected chi connectivity index (χ3v) is 4.35. The molecule has 100 valence electrons. The molecule has 19 heavy (non-hydrogen) atoms. The molecule has 2 aromatic rings. The lowest BCUT2D eigenvalue weighted by atomic mass is 10.2. The molecule has 6 heteroatoms. The molecule has 2 nitrogen and oxygen atoms in total. The molecular formula is C13H10BrF2NOS. The van der Waals surface area contributed by atoms with Crippen LogP contribution in [-0.2, 0) is 16.6 Å². The van der Waals surface area contributed by atoms with E-state index in [1.807, 2.05) is 0 Å². The van der Waals surface area contributed by atoms with E-state index < -0.39 is 22.4 Å². The van der Waals surface area contributed by atoms with Crippen LogP contribution in [0.2, 0.25) is 0 Å². The monoisotopic (exact) mass is 345 g/mol. The van der Waals surface area contributed by atoms with Crippen molar-refractivity contribution in [2.24, 2.45) is 0 Å². The van der Waals surface area contributed by atoms with Crippen molar-refractivity contribution in [2.45, 2.75) is 10.6 Å². The van der Waals surface area contributed by atoms with E-state index in [1.165, 1.54) is 24.3 Å². The quantitative estimate of drug-likeness (QED) is 0.863. The summed E-state index contributed by atoms with van der Waals surface area (Å²) >= 11 is 3.17. The lowest BCUT2D eigenvalue weighted by molar-refractivity contribution is 0.625. The molecule has 0 aliphatic carbocycles. The van der Waals surface area contributed by atoms with Crippen molar-refractivity contribution >= 4 is 32.4 Å². The largest absolute Gasteiger partial charge is 0.398 e. The van der Waals surface area contributed by atoms with E-state index >= 15 is 0 Å². The lowest BCUT2D eigenvalue weighted by Crippen LogP contribution is -2.01. The molecule has 2 N–H and O–H groups in total. The second-order valence-electron chi connectivity index (χ2n) is 3.95. The van der Waals surface area contributed by atoms with E-state index in [-0.39, 0.29) is 11.4 Å². The number of rotatable bonds is 3. The van der Waals surface area contributed by atoms with Crippen molar-refractivity contribution in [1.82, 2.24) is 0 Å². The zero-order valence-corrected chi connectivity index (χ0v) is 12.1. The molecule has 0 amide bonds. The number of anilines is 1. The van der Waals surface area contributed by atoms with Gasteiger partial charge in [0, 0.05) is 4.47 Å². The summed E-state index contributed by atoms with van der Waals surface area (Å²) < 4.78 is 38.8. The number of nitrogen functional groups attached to an aromatic ring is 1. The summed E-state index contributed by atoms with van der Waals surface area (Å²) in [6, 6.07) is 8.01. The minimum atomic E-state index is -1.45. The molecule has 0 bridgehead atoms. The van der Waals surface area contributed by atoms with E-state index in [2.05, 4.69) is 15.9 Å². The summed E-state index contributed by atoms with van der Waals surface area (Å²) in [5, 5.41) is 0. The summed E-state index contributed by atoms with van der Waals surface area (Å²) in [5.41, 5.74) is 6.33. The van der Waals surface area contributed by atoms with Gasteiger partial charge in [0.05, 0.1) is 27.1 Å². The fraction of sp³-hybridized carbons (Fsp3) is 0.0769. The third kappa shape index (κ3) is 3.61. The Bertz CT molecular complexity index is 628. The van der Waals surface area contributed by atoms with Gasteiger partial charge in [-0.3, -0.25) is 4.21 Å². The average Bonchev–Trinajstić information content (AvgIpc) is 2.26. The molecule has 1 atom stereocenters. The molecule has 0 aliphatic rings. The highest BCUT2D eigenvalue weighted by molar-refractivity contribution is 9.10. The van der Waals surface area contributed by atoms with Gasteiger partial charge < -0.3 is 5.73 Å². The molecule has 0 fully saturated rings. The fourth-order valence-electron chi connectivity index (χ4n) is 1.65. The highest BCUT2D eigenvalue weighted by atomic mass is 79.9. The van der Waals surface area contributed by atoms with Crippen LogP contribution in [0.25, 0.3) is 0 Å². The molecule has 0 saturated carbocycles. The maximum absolute atomic E-state index is 13.2. The van der Waals surface area contributed by atoms with Crippen molar-refractivity contribution < 1.29 is 13.0 Å². The zero-order valence-electron chi connectivity index (χ0n) is 9.70. The van der Waals surface area contributed by atoms with E-state index in [1.54, 1.807) is 6.07 Å². The predicted octanol–water partition coefficient (Wildman–Crippen LogP) is 3.62. The number of hydrogen-bond donors (Lipinski definition) is 1. The summed E-state index contributed by atoms with van der Waals surface area (Å²) in [6.07, 6.45) is 0. The minimum Gasteiger partial charge on any atom is -0.398 e. The van der Waals surface area contributed by atoms with Crippen LogP contribution in [0, 0.1) is 11.6 Å². The van der Waals surface area contributed by atoms with Gasteiger partial charge in [-0.2, -0.15) is 0 Å². The van der Waals surface area contributed by atoms with E-state index in [9.17, 15) is 13.0 Å². The molecule has 0 saturated heterocycles. The number of hydrogen-bond acceptors (Lipinski definition) is 2. The molecule has 0 heterocycles. The van der Waals surface area contributed by atoms with Crippen molar-refractivity contribution in [1.29, 1.82) is 0 Å². The topological polar surface area (TPSA) is 43.1 Å². The molecule has 0 radical (unpaired) electrons. The number of nitrogens with two attached hydrogens (primary N) is 1. The summed E-state index contributed by atoms with van der Waals surface area (Å²) in [5.74, 6) is -0.771. The van der Waals surface area contributed by atoms with Gasteiger partial charge in [-0.25, -0.2) is 8.78 Å². The van der Waals surface area contributed by atoms with Gasteiger partial charge in [-0.1, -0.05) is 15.9 Å². The first kappa shape index (κ1) is 14.1.